The van der Waals surface area contributed by atoms with Crippen LogP contribution in [0.1, 0.15) is 89.2 Å². The second-order valence-corrected chi connectivity index (χ2v) is 14.5. The van der Waals surface area contributed by atoms with Gasteiger partial charge >= 0.3 is 11.9 Å². The smallest absolute Gasteiger partial charge is 0.311 e. The van der Waals surface area contributed by atoms with Gasteiger partial charge in [0.15, 0.2) is 0 Å². The minimum atomic E-state index is -0.412. The summed E-state index contributed by atoms with van der Waals surface area (Å²) in [5.41, 5.74) is 5.71. The van der Waals surface area contributed by atoms with Gasteiger partial charge in [0, 0.05) is 18.9 Å². The zero-order valence-electron chi connectivity index (χ0n) is 34.0. The molecule has 0 atom stereocenters. The number of hydrogen-bond donors (Lipinski definition) is 0. The fraction of sp³-hybridized carbons (Fsp3) is 0.333. The lowest BCUT2D eigenvalue weighted by atomic mass is 10.1. The SMILES string of the molecule is CCCCc1ccc(N=Nc2ccc(OCCCCC(=O)Oc3ccc(OC(=O)CCCCOc4ccc(N=Nc5ccc(CCCC)cc5)cc4)c(Cl)c3)cc2)cc1. The Kier molecular flexibility index (Phi) is 18.6. The van der Waals surface area contributed by atoms with Crippen molar-refractivity contribution >= 4 is 46.3 Å². The summed E-state index contributed by atoms with van der Waals surface area (Å²) >= 11 is 6.34. The van der Waals surface area contributed by atoms with Crippen molar-refractivity contribution < 1.29 is 28.5 Å². The minimum Gasteiger partial charge on any atom is -0.494 e. The van der Waals surface area contributed by atoms with E-state index in [1.807, 2.05) is 72.8 Å². The molecular formula is C48H53ClN4O6. The molecule has 5 aromatic rings. The van der Waals surface area contributed by atoms with E-state index in [2.05, 4.69) is 58.6 Å². The van der Waals surface area contributed by atoms with Crippen LogP contribution >= 0.6 is 11.6 Å². The maximum atomic E-state index is 12.5. The first-order chi connectivity index (χ1) is 28.9. The Balaban J connectivity index is 0.909. The van der Waals surface area contributed by atoms with Crippen LogP contribution in [-0.2, 0) is 22.4 Å². The van der Waals surface area contributed by atoms with Crippen LogP contribution < -0.4 is 18.9 Å². The van der Waals surface area contributed by atoms with Crippen molar-refractivity contribution in [3.8, 4) is 23.0 Å². The summed E-state index contributed by atoms with van der Waals surface area (Å²) < 4.78 is 22.5. The Morgan fingerprint density at radius 2 is 0.864 bits per heavy atom. The average Bonchev–Trinajstić information content (AvgIpc) is 3.25. The van der Waals surface area contributed by atoms with Crippen molar-refractivity contribution in [2.45, 2.75) is 90.9 Å². The average molecular weight is 817 g/mol. The van der Waals surface area contributed by atoms with E-state index in [0.29, 0.717) is 50.4 Å². The van der Waals surface area contributed by atoms with Crippen LogP contribution in [0.15, 0.2) is 136 Å². The first kappa shape index (κ1) is 44.2. The second-order valence-electron chi connectivity index (χ2n) is 14.1. The number of azo groups is 2. The summed E-state index contributed by atoms with van der Waals surface area (Å²) in [6.07, 6.45) is 9.78. The molecule has 0 saturated carbocycles. The van der Waals surface area contributed by atoms with Gasteiger partial charge in [-0.3, -0.25) is 9.59 Å². The van der Waals surface area contributed by atoms with Crippen molar-refractivity contribution in [1.82, 2.24) is 0 Å². The molecule has 0 aliphatic heterocycles. The van der Waals surface area contributed by atoms with E-state index >= 15 is 0 Å². The van der Waals surface area contributed by atoms with Crippen molar-refractivity contribution in [1.29, 1.82) is 0 Å². The molecule has 5 rings (SSSR count). The monoisotopic (exact) mass is 816 g/mol. The van der Waals surface area contributed by atoms with Crippen LogP contribution in [0.4, 0.5) is 22.7 Å². The molecule has 0 bridgehead atoms. The van der Waals surface area contributed by atoms with E-state index in [0.717, 1.165) is 35.6 Å². The minimum absolute atomic E-state index is 0.174. The topological polar surface area (TPSA) is 121 Å². The van der Waals surface area contributed by atoms with Gasteiger partial charge in [0.2, 0.25) is 0 Å². The lowest BCUT2D eigenvalue weighted by molar-refractivity contribution is -0.135. The highest BCUT2D eigenvalue weighted by molar-refractivity contribution is 6.32. The lowest BCUT2D eigenvalue weighted by Crippen LogP contribution is -2.10. The van der Waals surface area contributed by atoms with Gasteiger partial charge in [-0.1, -0.05) is 62.6 Å². The number of esters is 2. The molecule has 0 aliphatic rings. The first-order valence-electron chi connectivity index (χ1n) is 20.5. The molecule has 5 aromatic carbocycles. The fourth-order valence-corrected chi connectivity index (χ4v) is 5.99. The molecule has 0 unspecified atom stereocenters. The number of aryl methyl sites for hydroxylation is 2. The van der Waals surface area contributed by atoms with Crippen LogP contribution in [0.2, 0.25) is 5.02 Å². The number of rotatable bonds is 24. The van der Waals surface area contributed by atoms with E-state index in [4.69, 9.17) is 30.5 Å². The number of halogens is 1. The van der Waals surface area contributed by atoms with Gasteiger partial charge in [-0.25, -0.2) is 0 Å². The highest BCUT2D eigenvalue weighted by Crippen LogP contribution is 2.30. The highest BCUT2D eigenvalue weighted by atomic mass is 35.5. The van der Waals surface area contributed by atoms with Gasteiger partial charge in [-0.2, -0.15) is 20.5 Å². The zero-order chi connectivity index (χ0) is 41.5. The van der Waals surface area contributed by atoms with Crippen LogP contribution in [0.25, 0.3) is 0 Å². The molecule has 0 radical (unpaired) electrons. The molecule has 0 amide bonds. The largest absolute Gasteiger partial charge is 0.494 e. The molecule has 0 aromatic heterocycles. The van der Waals surface area contributed by atoms with Gasteiger partial charge in [0.1, 0.15) is 23.0 Å². The quantitative estimate of drug-likeness (QED) is 0.0265. The Labute approximate surface area is 352 Å². The molecule has 11 heteroatoms. The second kappa shape index (κ2) is 24.8. The number of benzene rings is 5. The maximum Gasteiger partial charge on any atom is 0.311 e. The van der Waals surface area contributed by atoms with E-state index in [-0.39, 0.29) is 35.3 Å². The number of ether oxygens (including phenoxy) is 4. The standard InChI is InChI=1S/C48H53ClN4O6/c1-3-5-11-36-15-19-38(20-16-36)50-52-40-23-27-42(28-24-40)56-33-9-7-13-47(54)58-44-31-32-46(45(49)35-44)59-48(55)14-8-10-34-57-43-29-25-41(26-30-43)53-51-39-21-17-37(18-22-39)12-6-4-2/h15-32,35H,3-14,33-34H2,1-2H3. The number of nitrogens with zero attached hydrogens (tertiary/aromatic N) is 4. The fourth-order valence-electron chi connectivity index (χ4n) is 5.78. The molecule has 0 aliphatic carbocycles. The summed E-state index contributed by atoms with van der Waals surface area (Å²) in [4.78, 5) is 24.9. The zero-order valence-corrected chi connectivity index (χ0v) is 34.7. The Bertz CT molecular complexity index is 2090. The van der Waals surface area contributed by atoms with E-state index in [1.165, 1.54) is 48.9 Å². The number of carbonyl (C=O) groups excluding carboxylic acids is 2. The third kappa shape index (κ3) is 16.5. The summed E-state index contributed by atoms with van der Waals surface area (Å²) in [7, 11) is 0. The molecule has 0 fully saturated rings. The number of unbranched alkanes of at least 4 members (excludes halogenated alkanes) is 4. The van der Waals surface area contributed by atoms with E-state index in [9.17, 15) is 9.59 Å². The van der Waals surface area contributed by atoms with Gasteiger partial charge in [-0.05, 0) is 147 Å². The molecular weight excluding hydrogens is 764 g/mol. The third-order valence-corrected chi connectivity index (χ3v) is 9.49. The van der Waals surface area contributed by atoms with Crippen LogP contribution in [0, 0.1) is 0 Å². The van der Waals surface area contributed by atoms with Crippen molar-refractivity contribution in [3.05, 3.63) is 131 Å². The summed E-state index contributed by atoms with van der Waals surface area (Å²) in [6, 6.07) is 35.7. The predicted octanol–water partition coefficient (Wildman–Crippen LogP) is 14.2. The van der Waals surface area contributed by atoms with Gasteiger partial charge in [-0.15, -0.1) is 0 Å². The number of hydrogen-bond acceptors (Lipinski definition) is 10. The predicted molar refractivity (Wildman–Crippen MR) is 233 cm³/mol. The highest BCUT2D eigenvalue weighted by Gasteiger charge is 2.12. The molecule has 0 saturated heterocycles. The van der Waals surface area contributed by atoms with E-state index in [1.54, 1.807) is 6.07 Å². The molecule has 308 valence electrons. The van der Waals surface area contributed by atoms with Gasteiger partial charge in [0.05, 0.1) is 41.0 Å². The van der Waals surface area contributed by atoms with E-state index < -0.39 is 5.97 Å². The number of carbonyl (C=O) groups is 2. The summed E-state index contributed by atoms with van der Waals surface area (Å²) in [6.45, 7) is 5.28. The molecule has 10 nitrogen and oxygen atoms in total. The van der Waals surface area contributed by atoms with Crippen LogP contribution in [0.5, 0.6) is 23.0 Å². The lowest BCUT2D eigenvalue weighted by Gasteiger charge is -2.09. The maximum absolute atomic E-state index is 12.5. The van der Waals surface area contributed by atoms with Gasteiger partial charge in [0.25, 0.3) is 0 Å². The van der Waals surface area contributed by atoms with Crippen molar-refractivity contribution in [3.63, 3.8) is 0 Å². The summed E-state index contributed by atoms with van der Waals surface area (Å²) in [5.74, 6) is 1.11. The van der Waals surface area contributed by atoms with Crippen LogP contribution in [-0.4, -0.2) is 25.2 Å². The first-order valence-corrected chi connectivity index (χ1v) is 20.9. The van der Waals surface area contributed by atoms with Crippen LogP contribution in [0.3, 0.4) is 0 Å². The molecule has 0 N–H and O–H groups in total. The Morgan fingerprint density at radius 1 is 0.475 bits per heavy atom. The molecule has 0 heterocycles. The Hall–Kier alpha value is -5.87. The summed E-state index contributed by atoms with van der Waals surface area (Å²) in [5, 5.41) is 17.5. The Morgan fingerprint density at radius 3 is 1.27 bits per heavy atom. The molecule has 0 spiro atoms. The van der Waals surface area contributed by atoms with Crippen molar-refractivity contribution in [2.24, 2.45) is 20.5 Å². The van der Waals surface area contributed by atoms with Gasteiger partial charge < -0.3 is 18.9 Å². The normalized spacial score (nSPS) is 11.2. The third-order valence-electron chi connectivity index (χ3n) is 9.19. The van der Waals surface area contributed by atoms with Crippen molar-refractivity contribution in [2.75, 3.05) is 13.2 Å². The molecule has 59 heavy (non-hydrogen) atoms.